The second-order valence-corrected chi connectivity index (χ2v) is 7.42. The Morgan fingerprint density at radius 3 is 2.84 bits per heavy atom. The molecule has 0 spiro atoms. The maximum atomic E-state index is 12.9. The molecule has 1 aliphatic rings. The van der Waals surface area contributed by atoms with Gasteiger partial charge in [-0.25, -0.2) is 9.98 Å². The van der Waals surface area contributed by atoms with E-state index in [1.807, 2.05) is 6.07 Å². The monoisotopic (exact) mass is 432 g/mol. The molecular formula is C22H16N4O4S. The smallest absolute Gasteiger partial charge is 0.270 e. The Hall–Kier alpha value is -3.98. The van der Waals surface area contributed by atoms with Crippen LogP contribution in [0.25, 0.3) is 17.4 Å². The first-order valence-corrected chi connectivity index (χ1v) is 10.0. The zero-order chi connectivity index (χ0) is 21.8. The fourth-order valence-corrected chi connectivity index (χ4v) is 3.86. The number of nitrogens with zero attached hydrogens (tertiary/aromatic N) is 4. The SMILES string of the molecule is C=CCN1C(=O)/C(=C\c2ccc(-c3cccc([N+](=O)[O-])c3)o2)S/C1=N/c1ccccn1. The summed E-state index contributed by atoms with van der Waals surface area (Å²) in [6, 6.07) is 15.0. The van der Waals surface area contributed by atoms with Crippen LogP contribution >= 0.6 is 11.8 Å². The van der Waals surface area contributed by atoms with E-state index in [2.05, 4.69) is 16.6 Å². The maximum Gasteiger partial charge on any atom is 0.270 e. The molecule has 0 unspecified atom stereocenters. The summed E-state index contributed by atoms with van der Waals surface area (Å²) in [6.45, 7) is 4.02. The molecule has 0 N–H and O–H groups in total. The highest BCUT2D eigenvalue weighted by atomic mass is 32.2. The average Bonchev–Trinajstić information content (AvgIpc) is 3.36. The van der Waals surface area contributed by atoms with E-state index >= 15 is 0 Å². The van der Waals surface area contributed by atoms with Crippen LogP contribution in [0.1, 0.15) is 5.76 Å². The number of carbonyl (C=O) groups is 1. The van der Waals surface area contributed by atoms with E-state index in [0.717, 1.165) is 0 Å². The molecule has 4 rings (SSSR count). The molecule has 0 atom stereocenters. The number of amides is 1. The van der Waals surface area contributed by atoms with Gasteiger partial charge in [0.15, 0.2) is 11.0 Å². The van der Waals surface area contributed by atoms with Crippen molar-refractivity contribution in [1.82, 2.24) is 9.88 Å². The minimum atomic E-state index is -0.459. The fraction of sp³-hybridized carbons (Fsp3) is 0.0455. The minimum absolute atomic E-state index is 0.0224. The zero-order valence-corrected chi connectivity index (χ0v) is 17.0. The van der Waals surface area contributed by atoms with E-state index in [1.54, 1.807) is 54.7 Å². The molecule has 0 bridgehead atoms. The van der Waals surface area contributed by atoms with Crippen molar-refractivity contribution in [2.75, 3.05) is 6.54 Å². The van der Waals surface area contributed by atoms with Gasteiger partial charge in [0, 0.05) is 36.5 Å². The average molecular weight is 432 g/mol. The molecule has 1 fully saturated rings. The number of hydrogen-bond donors (Lipinski definition) is 0. The first kappa shape index (κ1) is 20.3. The van der Waals surface area contributed by atoms with Gasteiger partial charge in [-0.15, -0.1) is 6.58 Å². The molecule has 31 heavy (non-hydrogen) atoms. The van der Waals surface area contributed by atoms with Crippen LogP contribution in [0, 0.1) is 10.1 Å². The Balaban J connectivity index is 1.62. The largest absolute Gasteiger partial charge is 0.457 e. The summed E-state index contributed by atoms with van der Waals surface area (Å²) in [7, 11) is 0. The Morgan fingerprint density at radius 1 is 1.23 bits per heavy atom. The Bertz CT molecular complexity index is 1220. The van der Waals surface area contributed by atoms with Gasteiger partial charge >= 0.3 is 0 Å². The predicted octanol–water partition coefficient (Wildman–Crippen LogP) is 5.04. The highest BCUT2D eigenvalue weighted by molar-refractivity contribution is 8.18. The van der Waals surface area contributed by atoms with Gasteiger partial charge < -0.3 is 4.42 Å². The van der Waals surface area contributed by atoms with Gasteiger partial charge in [-0.1, -0.05) is 24.3 Å². The lowest BCUT2D eigenvalue weighted by Gasteiger charge is -2.12. The molecule has 9 heteroatoms. The number of amidine groups is 1. The van der Waals surface area contributed by atoms with E-state index < -0.39 is 4.92 Å². The summed E-state index contributed by atoms with van der Waals surface area (Å²) >= 11 is 1.22. The van der Waals surface area contributed by atoms with Crippen molar-refractivity contribution in [1.29, 1.82) is 0 Å². The third-order valence-corrected chi connectivity index (χ3v) is 5.31. The van der Waals surface area contributed by atoms with Crippen LogP contribution in [0.5, 0.6) is 0 Å². The molecule has 1 aliphatic heterocycles. The number of non-ortho nitro benzene ring substituents is 1. The molecule has 0 saturated carbocycles. The zero-order valence-electron chi connectivity index (χ0n) is 16.2. The number of aromatic nitrogens is 1. The molecule has 1 saturated heterocycles. The fourth-order valence-electron chi connectivity index (χ4n) is 2.89. The van der Waals surface area contributed by atoms with Crippen molar-refractivity contribution in [3.63, 3.8) is 0 Å². The van der Waals surface area contributed by atoms with Gasteiger partial charge in [0.2, 0.25) is 0 Å². The normalized spacial score (nSPS) is 16.3. The molecule has 8 nitrogen and oxygen atoms in total. The number of thioether (sulfide) groups is 1. The van der Waals surface area contributed by atoms with Gasteiger partial charge in [-0.05, 0) is 36.0 Å². The van der Waals surface area contributed by atoms with Crippen molar-refractivity contribution < 1.29 is 14.1 Å². The van der Waals surface area contributed by atoms with Crippen LogP contribution in [0.15, 0.2) is 87.8 Å². The molecule has 0 aliphatic carbocycles. The first-order valence-electron chi connectivity index (χ1n) is 9.22. The van der Waals surface area contributed by atoms with Crippen LogP contribution in [0.4, 0.5) is 11.5 Å². The van der Waals surface area contributed by atoms with Gasteiger partial charge in [0.1, 0.15) is 11.5 Å². The second-order valence-electron chi connectivity index (χ2n) is 6.41. The van der Waals surface area contributed by atoms with Crippen molar-refractivity contribution >= 4 is 40.4 Å². The molecule has 3 heterocycles. The summed E-state index contributed by atoms with van der Waals surface area (Å²) in [4.78, 5) is 34.0. The molecular weight excluding hydrogens is 416 g/mol. The highest BCUT2D eigenvalue weighted by Crippen LogP contribution is 2.35. The van der Waals surface area contributed by atoms with Crippen molar-refractivity contribution in [3.8, 4) is 11.3 Å². The number of benzene rings is 1. The number of pyridine rings is 1. The number of hydrogen-bond acceptors (Lipinski definition) is 7. The summed E-state index contributed by atoms with van der Waals surface area (Å²) in [5, 5.41) is 11.5. The lowest BCUT2D eigenvalue weighted by Crippen LogP contribution is -2.29. The van der Waals surface area contributed by atoms with E-state index in [9.17, 15) is 14.9 Å². The first-order chi connectivity index (χ1) is 15.0. The third kappa shape index (κ3) is 4.46. The number of nitro groups is 1. The predicted molar refractivity (Wildman–Crippen MR) is 120 cm³/mol. The summed E-state index contributed by atoms with van der Waals surface area (Å²) in [5.41, 5.74) is 0.556. The van der Waals surface area contributed by atoms with Crippen LogP contribution < -0.4 is 0 Å². The van der Waals surface area contributed by atoms with Crippen LogP contribution in [-0.4, -0.2) is 32.4 Å². The van der Waals surface area contributed by atoms with Crippen molar-refractivity contribution in [2.24, 2.45) is 4.99 Å². The van der Waals surface area contributed by atoms with Gasteiger partial charge in [0.05, 0.1) is 9.83 Å². The standard InChI is InChI=1S/C22H16N4O4S/c1-2-12-25-21(27)19(31-22(25)24-20-8-3-4-11-23-20)14-17-9-10-18(30-17)15-6-5-7-16(13-15)26(28)29/h2-11,13-14H,1,12H2/b19-14+,24-22+. The molecule has 0 radical (unpaired) electrons. The second kappa shape index (κ2) is 8.80. The highest BCUT2D eigenvalue weighted by Gasteiger charge is 2.33. The van der Waals surface area contributed by atoms with E-state index in [0.29, 0.717) is 39.5 Å². The van der Waals surface area contributed by atoms with Crippen LogP contribution in [0.2, 0.25) is 0 Å². The van der Waals surface area contributed by atoms with Crippen molar-refractivity contribution in [2.45, 2.75) is 0 Å². The number of furan rings is 1. The Labute approximate surface area is 181 Å². The number of rotatable bonds is 6. The lowest BCUT2D eigenvalue weighted by atomic mass is 10.1. The number of nitro benzene ring substituents is 1. The third-order valence-electron chi connectivity index (χ3n) is 4.30. The maximum absolute atomic E-state index is 12.9. The Morgan fingerprint density at radius 2 is 2.10 bits per heavy atom. The van der Waals surface area contributed by atoms with Crippen LogP contribution in [0.3, 0.4) is 0 Å². The number of carbonyl (C=O) groups excluding carboxylic acids is 1. The summed E-state index contributed by atoms with van der Waals surface area (Å²) < 4.78 is 5.81. The molecule has 3 aromatic rings. The van der Waals surface area contributed by atoms with Crippen molar-refractivity contribution in [3.05, 3.63) is 94.2 Å². The molecule has 2 aromatic heterocycles. The lowest BCUT2D eigenvalue weighted by molar-refractivity contribution is -0.384. The van der Waals surface area contributed by atoms with Gasteiger partial charge in [-0.2, -0.15) is 0 Å². The van der Waals surface area contributed by atoms with Crippen LogP contribution in [-0.2, 0) is 4.79 Å². The molecule has 1 amide bonds. The quantitative estimate of drug-likeness (QED) is 0.234. The van der Waals surface area contributed by atoms with Gasteiger partial charge in [0.25, 0.3) is 11.6 Å². The Kier molecular flexibility index (Phi) is 5.76. The molecule has 154 valence electrons. The summed E-state index contributed by atoms with van der Waals surface area (Å²) in [5.74, 6) is 1.21. The van der Waals surface area contributed by atoms with Gasteiger partial charge in [-0.3, -0.25) is 19.8 Å². The van der Waals surface area contributed by atoms with E-state index in [4.69, 9.17) is 4.42 Å². The minimum Gasteiger partial charge on any atom is -0.457 e. The topological polar surface area (TPSA) is 102 Å². The van der Waals surface area contributed by atoms with E-state index in [-0.39, 0.29) is 11.6 Å². The summed E-state index contributed by atoms with van der Waals surface area (Å²) in [6.07, 6.45) is 4.89. The number of aliphatic imine (C=N–C) groups is 1. The van der Waals surface area contributed by atoms with E-state index in [1.165, 1.54) is 28.8 Å². The molecule has 1 aromatic carbocycles.